The average molecular weight is 446 g/mol. The number of nitrogens with one attached hydrogen (secondary N) is 1. The predicted molar refractivity (Wildman–Crippen MR) is 123 cm³/mol. The molecule has 2 N–H and O–H groups in total. The Morgan fingerprint density at radius 1 is 1.21 bits per heavy atom. The third-order valence-electron chi connectivity index (χ3n) is 6.14. The maximum atomic E-state index is 13.4. The first-order valence-electron chi connectivity index (χ1n) is 11.1. The van der Waals surface area contributed by atoms with Gasteiger partial charge >= 0.3 is 6.01 Å². The fourth-order valence-corrected chi connectivity index (χ4v) is 4.32. The molecule has 8 nitrogen and oxygen atoms in total. The van der Waals surface area contributed by atoms with Gasteiger partial charge in [0.15, 0.2) is 5.82 Å². The summed E-state index contributed by atoms with van der Waals surface area (Å²) in [7, 11) is 0. The van der Waals surface area contributed by atoms with Crippen LogP contribution in [0, 0.1) is 25.2 Å². The molecule has 1 amide bonds. The molecule has 1 fully saturated rings. The molecule has 1 aromatic heterocycles. The lowest BCUT2D eigenvalue weighted by Gasteiger charge is -2.32. The molecule has 4 rings (SSSR count). The number of likely N-dealkylation sites (tertiary alicyclic amines) is 1. The summed E-state index contributed by atoms with van der Waals surface area (Å²) in [5.41, 5.74) is 5.24. The van der Waals surface area contributed by atoms with E-state index in [0.717, 1.165) is 29.5 Å². The van der Waals surface area contributed by atoms with Crippen molar-refractivity contribution in [2.75, 3.05) is 26.3 Å². The fraction of sp³-hybridized carbons (Fsp3) is 0.360. The lowest BCUT2D eigenvalue weighted by Crippen LogP contribution is -2.38. The van der Waals surface area contributed by atoms with Gasteiger partial charge in [-0.25, -0.2) is 0 Å². The van der Waals surface area contributed by atoms with Gasteiger partial charge in [-0.05, 0) is 67.5 Å². The van der Waals surface area contributed by atoms with Crippen LogP contribution in [0.25, 0.3) is 11.4 Å². The van der Waals surface area contributed by atoms with E-state index < -0.39 is 0 Å². The Bertz CT molecular complexity index is 1170. The summed E-state index contributed by atoms with van der Waals surface area (Å²) in [5, 5.41) is 24.8. The Balaban J connectivity index is 1.48. The minimum Gasteiger partial charge on any atom is -0.460 e. The monoisotopic (exact) mass is 445 g/mol. The zero-order valence-corrected chi connectivity index (χ0v) is 18.8. The van der Waals surface area contributed by atoms with Crippen molar-refractivity contribution >= 4 is 5.91 Å². The van der Waals surface area contributed by atoms with Crippen LogP contribution in [0.1, 0.15) is 51.4 Å². The number of nitrogens with zero attached hydrogens (tertiary/aromatic N) is 4. The van der Waals surface area contributed by atoms with Gasteiger partial charge in [0, 0.05) is 24.2 Å². The van der Waals surface area contributed by atoms with Gasteiger partial charge in [-0.1, -0.05) is 18.2 Å². The number of aryl methyl sites for hydroxylation is 2. The van der Waals surface area contributed by atoms with Crippen LogP contribution in [0.15, 0.2) is 36.4 Å². The van der Waals surface area contributed by atoms with E-state index in [4.69, 9.17) is 15.1 Å². The Morgan fingerprint density at radius 2 is 1.94 bits per heavy atom. The Hall–Kier alpha value is -3.70. The topological polar surface area (TPSA) is 115 Å². The highest BCUT2D eigenvalue weighted by atomic mass is 16.5. The summed E-state index contributed by atoms with van der Waals surface area (Å²) in [4.78, 5) is 19.6. The van der Waals surface area contributed by atoms with Crippen molar-refractivity contribution in [2.24, 2.45) is 0 Å². The van der Waals surface area contributed by atoms with Crippen molar-refractivity contribution in [2.45, 2.75) is 32.6 Å². The van der Waals surface area contributed by atoms with Crippen LogP contribution in [0.4, 0.5) is 0 Å². The van der Waals surface area contributed by atoms with Crippen molar-refractivity contribution in [1.82, 2.24) is 20.1 Å². The number of aromatic nitrogens is 3. The molecule has 1 aliphatic heterocycles. The average Bonchev–Trinajstić information content (AvgIpc) is 3.31. The van der Waals surface area contributed by atoms with Crippen LogP contribution < -0.4 is 4.74 Å². The maximum Gasteiger partial charge on any atom is 0.335 e. The summed E-state index contributed by atoms with van der Waals surface area (Å²) < 4.78 is 5.26. The van der Waals surface area contributed by atoms with Gasteiger partial charge in [0.2, 0.25) is 0 Å². The zero-order chi connectivity index (χ0) is 23.4. The third kappa shape index (κ3) is 4.89. The van der Waals surface area contributed by atoms with Gasteiger partial charge in [-0.2, -0.15) is 10.2 Å². The second-order valence-electron chi connectivity index (χ2n) is 8.32. The molecule has 33 heavy (non-hydrogen) atoms. The molecule has 0 saturated carbocycles. The number of benzene rings is 2. The first kappa shape index (κ1) is 22.5. The Morgan fingerprint density at radius 3 is 2.61 bits per heavy atom. The Labute approximate surface area is 192 Å². The molecule has 0 atom stereocenters. The van der Waals surface area contributed by atoms with Crippen LogP contribution in [0.3, 0.4) is 0 Å². The van der Waals surface area contributed by atoms with Crippen LogP contribution in [0.2, 0.25) is 0 Å². The predicted octanol–water partition coefficient (Wildman–Crippen LogP) is 3.35. The van der Waals surface area contributed by atoms with Crippen LogP contribution in [0.5, 0.6) is 6.01 Å². The number of hydrogen-bond acceptors (Lipinski definition) is 6. The van der Waals surface area contributed by atoms with Gasteiger partial charge < -0.3 is 14.7 Å². The van der Waals surface area contributed by atoms with Crippen LogP contribution >= 0.6 is 0 Å². The number of carbonyl (C=O) groups excluding carboxylic acids is 1. The van der Waals surface area contributed by atoms with E-state index in [1.807, 2.05) is 55.1 Å². The van der Waals surface area contributed by atoms with Gasteiger partial charge in [0.05, 0.1) is 18.2 Å². The summed E-state index contributed by atoms with van der Waals surface area (Å²) in [6.45, 7) is 5.29. The number of aliphatic hydroxyl groups is 1. The number of rotatable bonds is 6. The molecular weight excluding hydrogens is 418 g/mol. The number of piperidine rings is 1. The number of nitriles is 1. The molecule has 0 radical (unpaired) electrons. The smallest absolute Gasteiger partial charge is 0.335 e. The van der Waals surface area contributed by atoms with E-state index >= 15 is 0 Å². The molecule has 0 unspecified atom stereocenters. The van der Waals surface area contributed by atoms with E-state index in [1.54, 1.807) is 0 Å². The van der Waals surface area contributed by atoms with E-state index in [-0.39, 0.29) is 25.1 Å². The summed E-state index contributed by atoms with van der Waals surface area (Å²) in [5.74, 6) is 0.931. The van der Waals surface area contributed by atoms with Gasteiger partial charge in [0.1, 0.15) is 6.61 Å². The summed E-state index contributed by atoms with van der Waals surface area (Å²) in [6.07, 6.45) is 1.78. The van der Waals surface area contributed by atoms with Crippen molar-refractivity contribution in [3.05, 3.63) is 64.2 Å². The number of ether oxygens (including phenoxy) is 1. The van der Waals surface area contributed by atoms with Crippen LogP contribution in [-0.4, -0.2) is 57.4 Å². The lowest BCUT2D eigenvalue weighted by molar-refractivity contribution is 0.0712. The first-order chi connectivity index (χ1) is 16.0. The SMILES string of the molecule is Cc1cc(C)c(-c2nc(OCCO)n[nH]2)cc1C(=O)N1CCC(c2ccc(C#N)cc2)CC1. The number of H-pyrrole nitrogens is 1. The molecule has 1 saturated heterocycles. The van der Waals surface area contributed by atoms with Gasteiger partial charge in [-0.15, -0.1) is 5.10 Å². The largest absolute Gasteiger partial charge is 0.460 e. The molecule has 0 aliphatic carbocycles. The molecular formula is C25H27N5O3. The second-order valence-corrected chi connectivity index (χ2v) is 8.32. The van der Waals surface area contributed by atoms with Crippen LogP contribution in [-0.2, 0) is 0 Å². The quantitative estimate of drug-likeness (QED) is 0.601. The standard InChI is InChI=1S/C25H27N5O3/c1-16-13-17(2)22(14-21(16)23-27-25(29-28-23)33-12-11-31)24(32)30-9-7-20(8-10-30)19-5-3-18(15-26)4-6-19/h3-6,13-14,20,31H,7-12H2,1-2H3,(H,27,28,29). The minimum absolute atomic E-state index is 0.0169. The number of amides is 1. The molecule has 0 spiro atoms. The van der Waals surface area contributed by atoms with Gasteiger partial charge in [0.25, 0.3) is 5.91 Å². The highest BCUT2D eigenvalue weighted by Crippen LogP contribution is 2.31. The van der Waals surface area contributed by atoms with Gasteiger partial charge in [-0.3, -0.25) is 9.89 Å². The normalized spacial score (nSPS) is 14.2. The lowest BCUT2D eigenvalue weighted by atomic mass is 9.88. The number of hydrogen-bond donors (Lipinski definition) is 2. The summed E-state index contributed by atoms with van der Waals surface area (Å²) in [6, 6.07) is 13.9. The molecule has 2 heterocycles. The zero-order valence-electron chi connectivity index (χ0n) is 18.8. The highest BCUT2D eigenvalue weighted by molar-refractivity contribution is 5.97. The number of aliphatic hydroxyl groups excluding tert-OH is 1. The minimum atomic E-state index is -0.117. The molecule has 0 bridgehead atoms. The molecule has 2 aromatic carbocycles. The van der Waals surface area contributed by atoms with E-state index in [1.165, 1.54) is 5.56 Å². The molecule has 170 valence electrons. The molecule has 8 heteroatoms. The fourth-order valence-electron chi connectivity index (χ4n) is 4.32. The number of carbonyl (C=O) groups is 1. The second kappa shape index (κ2) is 9.84. The van der Waals surface area contributed by atoms with Crippen molar-refractivity contribution in [1.29, 1.82) is 5.26 Å². The molecule has 1 aliphatic rings. The van der Waals surface area contributed by atoms with E-state index in [2.05, 4.69) is 21.3 Å². The third-order valence-corrected chi connectivity index (χ3v) is 6.14. The summed E-state index contributed by atoms with van der Waals surface area (Å²) >= 11 is 0. The van der Waals surface area contributed by atoms with Crippen molar-refractivity contribution in [3.8, 4) is 23.5 Å². The Kier molecular flexibility index (Phi) is 6.71. The van der Waals surface area contributed by atoms with E-state index in [0.29, 0.717) is 36.0 Å². The first-order valence-corrected chi connectivity index (χ1v) is 11.1. The number of aromatic amines is 1. The van der Waals surface area contributed by atoms with E-state index in [9.17, 15) is 4.79 Å². The van der Waals surface area contributed by atoms with Crippen molar-refractivity contribution < 1.29 is 14.6 Å². The maximum absolute atomic E-state index is 13.4. The molecule has 3 aromatic rings. The van der Waals surface area contributed by atoms with Crippen molar-refractivity contribution in [3.63, 3.8) is 0 Å². The highest BCUT2D eigenvalue weighted by Gasteiger charge is 2.26.